The maximum atomic E-state index is 12.9. The molecule has 2 aliphatic rings. The van der Waals surface area contributed by atoms with Crippen LogP contribution in [0.1, 0.15) is 39.3 Å². The van der Waals surface area contributed by atoms with Crippen molar-refractivity contribution in [3.63, 3.8) is 0 Å². The van der Waals surface area contributed by atoms with Crippen molar-refractivity contribution >= 4 is 11.7 Å². The quantitative estimate of drug-likeness (QED) is 0.782. The molecule has 2 saturated heterocycles. The Hall–Kier alpha value is -1.90. The third-order valence-corrected chi connectivity index (χ3v) is 5.75. The van der Waals surface area contributed by atoms with Gasteiger partial charge >= 0.3 is 6.18 Å². The van der Waals surface area contributed by atoms with Crippen molar-refractivity contribution in [1.82, 2.24) is 19.8 Å². The maximum absolute atomic E-state index is 12.9. The van der Waals surface area contributed by atoms with Gasteiger partial charge in [0.2, 0.25) is 5.91 Å². The lowest BCUT2D eigenvalue weighted by Crippen LogP contribution is -2.57. The summed E-state index contributed by atoms with van der Waals surface area (Å²) < 4.78 is 37.8. The van der Waals surface area contributed by atoms with Gasteiger partial charge in [0.25, 0.3) is 0 Å². The normalized spacial score (nSPS) is 22.8. The topological polar surface area (TPSA) is 52.6 Å². The first-order valence-corrected chi connectivity index (χ1v) is 9.85. The fourth-order valence-corrected chi connectivity index (χ4v) is 4.18. The van der Waals surface area contributed by atoms with E-state index in [2.05, 4.69) is 35.6 Å². The molecule has 1 aromatic rings. The first-order chi connectivity index (χ1) is 13.2. The van der Waals surface area contributed by atoms with Crippen LogP contribution in [0.15, 0.2) is 12.4 Å². The smallest absolute Gasteiger partial charge is 0.355 e. The Morgan fingerprint density at radius 3 is 2.29 bits per heavy atom. The summed E-state index contributed by atoms with van der Waals surface area (Å²) in [5.74, 6) is 0.600. The Labute approximate surface area is 163 Å². The molecule has 2 aliphatic heterocycles. The highest BCUT2D eigenvalue weighted by molar-refractivity contribution is 5.79. The number of alkyl halides is 3. The van der Waals surface area contributed by atoms with E-state index in [1.54, 1.807) is 0 Å². The van der Waals surface area contributed by atoms with E-state index in [1.165, 1.54) is 0 Å². The van der Waals surface area contributed by atoms with Crippen molar-refractivity contribution in [2.45, 2.75) is 51.9 Å². The number of anilines is 1. The molecular formula is C19H28F3N5O. The standard InChI is InChI=1S/C19H28F3N5O/c1-13(2)27-9-8-26(12-14(27)3)18(28)15-4-6-25(7-5-15)17-11-23-16(10-24-17)19(20,21)22/h10-11,13-15H,4-9,12H2,1-3H3/t14-/m0/s1. The molecule has 0 aromatic carbocycles. The van der Waals surface area contributed by atoms with E-state index in [0.29, 0.717) is 43.8 Å². The Morgan fingerprint density at radius 1 is 1.11 bits per heavy atom. The SMILES string of the molecule is CC(C)N1CCN(C(=O)C2CCN(c3cnc(C(F)(F)F)cn3)CC2)C[C@@H]1C. The molecule has 1 amide bonds. The fourth-order valence-electron chi connectivity index (χ4n) is 4.18. The van der Waals surface area contributed by atoms with Gasteiger partial charge in [-0.05, 0) is 33.6 Å². The van der Waals surface area contributed by atoms with Gasteiger partial charge in [-0.3, -0.25) is 9.69 Å². The molecule has 2 fully saturated rings. The third kappa shape index (κ3) is 4.56. The van der Waals surface area contributed by atoms with Crippen LogP contribution in [-0.2, 0) is 11.0 Å². The van der Waals surface area contributed by atoms with E-state index in [9.17, 15) is 18.0 Å². The van der Waals surface area contributed by atoms with Gasteiger partial charge in [0.1, 0.15) is 5.82 Å². The molecule has 9 heteroatoms. The number of rotatable bonds is 3. The highest BCUT2D eigenvalue weighted by Crippen LogP contribution is 2.29. The minimum atomic E-state index is -4.48. The molecule has 28 heavy (non-hydrogen) atoms. The first-order valence-electron chi connectivity index (χ1n) is 9.85. The number of halogens is 3. The second kappa shape index (κ2) is 8.23. The average Bonchev–Trinajstić information content (AvgIpc) is 2.66. The van der Waals surface area contributed by atoms with Gasteiger partial charge in [-0.25, -0.2) is 9.97 Å². The summed E-state index contributed by atoms with van der Waals surface area (Å²) in [5.41, 5.74) is -0.990. The van der Waals surface area contributed by atoms with Crippen LogP contribution < -0.4 is 4.90 Å². The number of hydrogen-bond acceptors (Lipinski definition) is 5. The zero-order chi connectivity index (χ0) is 20.5. The Balaban J connectivity index is 1.53. The van der Waals surface area contributed by atoms with E-state index in [-0.39, 0.29) is 11.8 Å². The second-order valence-electron chi connectivity index (χ2n) is 7.98. The zero-order valence-electron chi connectivity index (χ0n) is 16.6. The average molecular weight is 399 g/mol. The summed E-state index contributed by atoms with van der Waals surface area (Å²) in [6.45, 7) is 10.1. The summed E-state index contributed by atoms with van der Waals surface area (Å²) in [4.78, 5) is 26.6. The molecule has 3 rings (SSSR count). The van der Waals surface area contributed by atoms with Crippen LogP contribution in [0.25, 0.3) is 0 Å². The van der Waals surface area contributed by atoms with Gasteiger partial charge in [-0.15, -0.1) is 0 Å². The molecule has 1 atom stereocenters. The van der Waals surface area contributed by atoms with Gasteiger partial charge in [0.15, 0.2) is 5.69 Å². The molecule has 6 nitrogen and oxygen atoms in total. The highest BCUT2D eigenvalue weighted by atomic mass is 19.4. The van der Waals surface area contributed by atoms with Crippen molar-refractivity contribution in [1.29, 1.82) is 0 Å². The molecule has 0 N–H and O–H groups in total. The van der Waals surface area contributed by atoms with E-state index in [1.807, 2.05) is 9.80 Å². The number of piperazine rings is 1. The number of nitrogens with zero attached hydrogens (tertiary/aromatic N) is 5. The largest absolute Gasteiger partial charge is 0.434 e. The molecule has 0 unspecified atom stereocenters. The van der Waals surface area contributed by atoms with Crippen molar-refractivity contribution in [2.24, 2.45) is 5.92 Å². The lowest BCUT2D eigenvalue weighted by molar-refractivity contribution is -0.141. The van der Waals surface area contributed by atoms with Crippen molar-refractivity contribution < 1.29 is 18.0 Å². The molecule has 156 valence electrons. The minimum Gasteiger partial charge on any atom is -0.355 e. The van der Waals surface area contributed by atoms with Crippen LogP contribution in [0.3, 0.4) is 0 Å². The highest BCUT2D eigenvalue weighted by Gasteiger charge is 2.35. The van der Waals surface area contributed by atoms with E-state index < -0.39 is 11.9 Å². The number of aromatic nitrogens is 2. The van der Waals surface area contributed by atoms with Crippen LogP contribution in [0.5, 0.6) is 0 Å². The van der Waals surface area contributed by atoms with Crippen LogP contribution in [0.2, 0.25) is 0 Å². The summed E-state index contributed by atoms with van der Waals surface area (Å²) in [6.07, 6.45) is -1.19. The Morgan fingerprint density at radius 2 is 1.79 bits per heavy atom. The summed E-state index contributed by atoms with van der Waals surface area (Å²) in [6, 6.07) is 0.820. The Bertz CT molecular complexity index is 671. The lowest BCUT2D eigenvalue weighted by atomic mass is 9.94. The van der Waals surface area contributed by atoms with E-state index in [4.69, 9.17) is 0 Å². The van der Waals surface area contributed by atoms with Gasteiger partial charge in [-0.1, -0.05) is 0 Å². The number of carbonyl (C=O) groups is 1. The van der Waals surface area contributed by atoms with Crippen molar-refractivity contribution in [2.75, 3.05) is 37.6 Å². The lowest BCUT2D eigenvalue weighted by Gasteiger charge is -2.43. The first kappa shape index (κ1) is 20.8. The van der Waals surface area contributed by atoms with Crippen molar-refractivity contribution in [3.05, 3.63) is 18.1 Å². The molecule has 0 spiro atoms. The summed E-state index contributed by atoms with van der Waals surface area (Å²) in [5, 5.41) is 0. The molecule has 0 bridgehead atoms. The monoisotopic (exact) mass is 399 g/mol. The molecule has 1 aromatic heterocycles. The Kier molecular flexibility index (Phi) is 6.12. The van der Waals surface area contributed by atoms with Crippen LogP contribution in [0, 0.1) is 5.92 Å². The van der Waals surface area contributed by atoms with Gasteiger partial charge in [0, 0.05) is 50.7 Å². The maximum Gasteiger partial charge on any atom is 0.434 e. The van der Waals surface area contributed by atoms with Crippen LogP contribution >= 0.6 is 0 Å². The predicted molar refractivity (Wildman–Crippen MR) is 99.9 cm³/mol. The second-order valence-corrected chi connectivity index (χ2v) is 7.98. The molecule has 3 heterocycles. The number of carbonyl (C=O) groups excluding carboxylic acids is 1. The number of piperidine rings is 1. The number of amides is 1. The summed E-state index contributed by atoms with van der Waals surface area (Å²) >= 11 is 0. The van der Waals surface area contributed by atoms with Gasteiger partial charge in [-0.2, -0.15) is 13.2 Å². The summed E-state index contributed by atoms with van der Waals surface area (Å²) in [7, 11) is 0. The number of hydrogen-bond donors (Lipinski definition) is 0. The zero-order valence-corrected chi connectivity index (χ0v) is 16.6. The van der Waals surface area contributed by atoms with Gasteiger partial charge < -0.3 is 9.80 Å². The van der Waals surface area contributed by atoms with E-state index >= 15 is 0 Å². The fraction of sp³-hybridized carbons (Fsp3) is 0.737. The molecular weight excluding hydrogens is 371 g/mol. The molecule has 0 saturated carbocycles. The van der Waals surface area contributed by atoms with Crippen molar-refractivity contribution in [3.8, 4) is 0 Å². The third-order valence-electron chi connectivity index (χ3n) is 5.75. The van der Waals surface area contributed by atoms with E-state index in [0.717, 1.165) is 32.0 Å². The molecule has 0 radical (unpaired) electrons. The molecule has 0 aliphatic carbocycles. The minimum absolute atomic E-state index is 0.0311. The predicted octanol–water partition coefficient (Wildman–Crippen LogP) is 2.65. The van der Waals surface area contributed by atoms with Crippen LogP contribution in [0.4, 0.5) is 19.0 Å². The van der Waals surface area contributed by atoms with Crippen LogP contribution in [-0.4, -0.2) is 70.5 Å². The van der Waals surface area contributed by atoms with Gasteiger partial charge in [0.05, 0.1) is 12.4 Å².